The van der Waals surface area contributed by atoms with Crippen molar-refractivity contribution in [2.24, 2.45) is 0 Å². The van der Waals surface area contributed by atoms with Crippen LogP contribution in [0.4, 0.5) is 9.59 Å². The minimum absolute atomic E-state index is 0.00440. The minimum Gasteiger partial charge on any atom is -0.444 e. The Labute approximate surface area is 433 Å². The number of benzene rings is 2. The predicted octanol–water partition coefficient (Wildman–Crippen LogP) is 4.23. The first-order valence-corrected chi connectivity index (χ1v) is 24.6. The van der Waals surface area contributed by atoms with Crippen LogP contribution in [0, 0.1) is 0 Å². The van der Waals surface area contributed by atoms with E-state index < -0.39 is 113 Å². The number of alkyl carbamates (subject to hydrolysis) is 2. The van der Waals surface area contributed by atoms with E-state index >= 15 is 0 Å². The Balaban J connectivity index is 2.36. The lowest BCUT2D eigenvalue weighted by molar-refractivity contribution is -0.140. The zero-order valence-corrected chi connectivity index (χ0v) is 45.2. The van der Waals surface area contributed by atoms with Gasteiger partial charge in [0, 0.05) is 37.4 Å². The van der Waals surface area contributed by atoms with E-state index in [0.29, 0.717) is 24.5 Å². The minimum atomic E-state index is -1.51. The molecule has 73 heavy (non-hydrogen) atoms. The lowest BCUT2D eigenvalue weighted by Crippen LogP contribution is -2.62. The number of halogens is 1. The Morgan fingerprint density at radius 1 is 0.548 bits per heavy atom. The summed E-state index contributed by atoms with van der Waals surface area (Å²) in [7, 11) is 1.50. The summed E-state index contributed by atoms with van der Waals surface area (Å²) >= 11 is 6.04. The molecule has 0 aromatic heterocycles. The molecule has 0 aliphatic heterocycles. The Hall–Kier alpha value is -6.32. The quantitative estimate of drug-likeness (QED) is 0.0484. The summed E-state index contributed by atoms with van der Waals surface area (Å²) in [5, 5.41) is 21.1. The topological polar surface area (TPSA) is 287 Å². The van der Waals surface area contributed by atoms with Gasteiger partial charge in [-0.1, -0.05) is 35.9 Å². The smallest absolute Gasteiger partial charge is 0.407 e. The Kier molecular flexibility index (Phi) is 25.3. The maximum atomic E-state index is 14.2. The molecule has 2 rings (SSSR count). The fourth-order valence-corrected chi connectivity index (χ4v) is 6.80. The van der Waals surface area contributed by atoms with Gasteiger partial charge in [0.1, 0.15) is 35.4 Å². The van der Waals surface area contributed by atoms with Crippen molar-refractivity contribution >= 4 is 65.0 Å². The van der Waals surface area contributed by atoms with E-state index in [1.54, 1.807) is 98.7 Å². The second-order valence-corrected chi connectivity index (χ2v) is 20.8. The molecular formula is C51H77ClN8O13. The van der Waals surface area contributed by atoms with Crippen LogP contribution in [0.3, 0.4) is 0 Å². The monoisotopic (exact) mass is 1040 g/mol. The fourth-order valence-electron chi connectivity index (χ4n) is 6.68. The molecule has 0 unspecified atom stereocenters. The Morgan fingerprint density at radius 2 is 1.07 bits per heavy atom. The van der Waals surface area contributed by atoms with E-state index in [1.807, 2.05) is 12.1 Å². The molecule has 0 bridgehead atoms. The van der Waals surface area contributed by atoms with E-state index in [2.05, 4.69) is 42.5 Å². The molecule has 8 amide bonds. The molecule has 0 spiro atoms. The van der Waals surface area contributed by atoms with Gasteiger partial charge in [0.25, 0.3) is 11.8 Å². The number of carbonyl (C=O) groups is 9. The van der Waals surface area contributed by atoms with Gasteiger partial charge in [0.05, 0.1) is 24.3 Å². The van der Waals surface area contributed by atoms with Crippen LogP contribution < -0.4 is 42.5 Å². The number of ether oxygens (including phenoxy) is 4. The second kappa shape index (κ2) is 29.4. The summed E-state index contributed by atoms with van der Waals surface area (Å²) in [6.07, 6.45) is -1.49. The molecule has 0 saturated carbocycles. The molecule has 0 fully saturated rings. The number of ketones is 1. The number of hydrogen-bond acceptors (Lipinski definition) is 13. The van der Waals surface area contributed by atoms with E-state index in [9.17, 15) is 43.2 Å². The fraction of sp³-hybridized carbons (Fsp3) is 0.588. The van der Waals surface area contributed by atoms with Gasteiger partial charge in [-0.3, -0.25) is 33.6 Å². The molecule has 6 atom stereocenters. The third kappa shape index (κ3) is 24.8. The zero-order valence-electron chi connectivity index (χ0n) is 44.4. The van der Waals surface area contributed by atoms with Crippen molar-refractivity contribution in [1.82, 2.24) is 42.5 Å². The SMILES string of the molecule is COCCCNC(=O)C(=O)[C@H](C)NC(=O)[C@H](CCCCNC(=O)OC(C)(C)C)NC(=O)[C@H](C)NC(=O)[C@@H](NC(=O)[C@H](CNC(=O)OC(C)(C)C)NC(=O)c1ccc(-c2ccc(Cl)cc2)cc1)[C@@H](C)OC(C)(C)C. The summed E-state index contributed by atoms with van der Waals surface area (Å²) < 4.78 is 21.7. The van der Waals surface area contributed by atoms with Gasteiger partial charge in [-0.2, -0.15) is 0 Å². The van der Waals surface area contributed by atoms with Crippen molar-refractivity contribution < 1.29 is 62.1 Å². The third-order valence-corrected chi connectivity index (χ3v) is 10.4. The molecule has 2 aromatic rings. The molecule has 8 N–H and O–H groups in total. The van der Waals surface area contributed by atoms with Crippen LogP contribution in [0.5, 0.6) is 0 Å². The van der Waals surface area contributed by atoms with Crippen molar-refractivity contribution in [3.05, 3.63) is 59.1 Å². The number of hydrogen-bond donors (Lipinski definition) is 8. The average molecular weight is 1050 g/mol. The number of nitrogens with one attached hydrogen (secondary N) is 8. The van der Waals surface area contributed by atoms with E-state index in [-0.39, 0.29) is 31.5 Å². The molecule has 22 heteroatoms. The van der Waals surface area contributed by atoms with Gasteiger partial charge >= 0.3 is 12.2 Å². The summed E-state index contributed by atoms with van der Waals surface area (Å²) in [5.74, 6) is -5.97. The van der Waals surface area contributed by atoms with Crippen molar-refractivity contribution in [3.8, 4) is 11.1 Å². The van der Waals surface area contributed by atoms with Crippen LogP contribution in [0.15, 0.2) is 48.5 Å². The lowest BCUT2D eigenvalue weighted by Gasteiger charge is -2.32. The molecule has 0 aliphatic carbocycles. The number of rotatable bonds is 26. The van der Waals surface area contributed by atoms with Gasteiger partial charge in [0.15, 0.2) is 0 Å². The Bertz CT molecular complexity index is 2190. The summed E-state index contributed by atoms with van der Waals surface area (Å²) in [5.41, 5.74) is -0.651. The predicted molar refractivity (Wildman–Crippen MR) is 274 cm³/mol. The van der Waals surface area contributed by atoms with Crippen LogP contribution in [0.2, 0.25) is 5.02 Å². The number of unbranched alkanes of at least 4 members (excludes halogenated alkanes) is 1. The lowest BCUT2D eigenvalue weighted by atomic mass is 10.0. The van der Waals surface area contributed by atoms with Crippen LogP contribution >= 0.6 is 11.6 Å². The summed E-state index contributed by atoms with van der Waals surface area (Å²) in [6, 6.07) is 6.73. The largest absolute Gasteiger partial charge is 0.444 e. The number of methoxy groups -OCH3 is 1. The number of carbonyl (C=O) groups excluding carboxylic acids is 9. The summed E-state index contributed by atoms with van der Waals surface area (Å²) in [4.78, 5) is 120. The van der Waals surface area contributed by atoms with Gasteiger partial charge in [-0.15, -0.1) is 0 Å². The third-order valence-electron chi connectivity index (χ3n) is 10.1. The highest BCUT2D eigenvalue weighted by Crippen LogP contribution is 2.22. The van der Waals surface area contributed by atoms with E-state index in [0.717, 1.165) is 11.1 Å². The highest BCUT2D eigenvalue weighted by molar-refractivity contribution is 6.38. The maximum absolute atomic E-state index is 14.2. The van der Waals surface area contributed by atoms with E-state index in [4.69, 9.17) is 30.5 Å². The average Bonchev–Trinajstić information content (AvgIpc) is 3.28. The Morgan fingerprint density at radius 3 is 1.62 bits per heavy atom. The van der Waals surface area contributed by atoms with Gasteiger partial charge in [0.2, 0.25) is 29.4 Å². The number of amides is 8. The van der Waals surface area contributed by atoms with Crippen molar-refractivity contribution in [3.63, 3.8) is 0 Å². The van der Waals surface area contributed by atoms with Crippen molar-refractivity contribution in [1.29, 1.82) is 0 Å². The van der Waals surface area contributed by atoms with Crippen LogP contribution in [0.25, 0.3) is 11.1 Å². The van der Waals surface area contributed by atoms with Crippen LogP contribution in [-0.2, 0) is 47.7 Å². The number of Topliss-reactive ketones (excluding diaryl/α,β-unsaturated/α-hetero) is 1. The van der Waals surface area contributed by atoms with Gasteiger partial charge < -0.3 is 61.5 Å². The van der Waals surface area contributed by atoms with Gasteiger partial charge in [-0.05, 0) is 144 Å². The summed E-state index contributed by atoms with van der Waals surface area (Å²) in [6.45, 7) is 19.7. The van der Waals surface area contributed by atoms with Crippen molar-refractivity contribution in [2.45, 2.75) is 162 Å². The zero-order chi connectivity index (χ0) is 55.3. The van der Waals surface area contributed by atoms with Crippen molar-refractivity contribution in [2.75, 3.05) is 33.4 Å². The first kappa shape index (κ1) is 62.8. The molecule has 0 radical (unpaired) electrons. The molecule has 21 nitrogen and oxygen atoms in total. The first-order chi connectivity index (χ1) is 33.9. The molecule has 2 aromatic carbocycles. The van der Waals surface area contributed by atoms with E-state index in [1.165, 1.54) is 27.9 Å². The molecule has 0 saturated heterocycles. The standard InChI is InChI=1S/C51H77ClN8O13/c1-30(40(61)46(67)53-27-16-28-70-13)56-43(64)37(17-14-15-26-54-47(68)72-50(7,8)9)58-41(62)31(2)57-45(66)39(32(3)71-49(4,5)6)60-44(65)38(29-55-48(69)73-51(10,11)12)59-42(63)35-20-18-33(19-21-35)34-22-24-36(52)25-23-34/h18-25,30-32,37-39H,14-17,26-29H2,1-13H3,(H,53,67)(H,54,68)(H,55,69)(H,56,64)(H,57,66)(H,58,62)(H,59,63)(H,60,65)/t30-,31-,32+,37-,38-,39-/m0/s1. The molecule has 406 valence electrons. The van der Waals surface area contributed by atoms with Crippen LogP contribution in [0.1, 0.15) is 119 Å². The van der Waals surface area contributed by atoms with Gasteiger partial charge in [-0.25, -0.2) is 9.59 Å². The first-order valence-electron chi connectivity index (χ1n) is 24.2. The normalized spacial score (nSPS) is 14.1. The maximum Gasteiger partial charge on any atom is 0.407 e. The molecular weight excluding hydrogens is 968 g/mol. The second-order valence-electron chi connectivity index (χ2n) is 20.3. The highest BCUT2D eigenvalue weighted by Gasteiger charge is 2.36. The van der Waals surface area contributed by atoms with Crippen LogP contribution in [-0.4, -0.2) is 140 Å². The molecule has 0 aliphatic rings. The highest BCUT2D eigenvalue weighted by atomic mass is 35.5. The molecule has 0 heterocycles.